The monoisotopic (exact) mass is 417 g/mol. The fourth-order valence-corrected chi connectivity index (χ4v) is 4.71. The Morgan fingerprint density at radius 1 is 0.968 bits per heavy atom. The van der Waals surface area contributed by atoms with Crippen LogP contribution in [0.2, 0.25) is 0 Å². The van der Waals surface area contributed by atoms with Gasteiger partial charge in [0.15, 0.2) is 0 Å². The molecule has 3 aromatic rings. The second-order valence-electron chi connectivity index (χ2n) is 8.49. The zero-order chi connectivity index (χ0) is 21.1. The van der Waals surface area contributed by atoms with Gasteiger partial charge in [-0.05, 0) is 55.3 Å². The lowest BCUT2D eigenvalue weighted by Crippen LogP contribution is -2.52. The first-order valence-electron chi connectivity index (χ1n) is 10.8. The zero-order valence-corrected chi connectivity index (χ0v) is 17.6. The molecule has 0 aliphatic carbocycles. The lowest BCUT2D eigenvalue weighted by atomic mass is 9.80. The fourth-order valence-electron chi connectivity index (χ4n) is 4.71. The third kappa shape index (κ3) is 4.18. The minimum atomic E-state index is -0.102. The summed E-state index contributed by atoms with van der Waals surface area (Å²) in [6.45, 7) is 4.34. The van der Waals surface area contributed by atoms with E-state index in [-0.39, 0.29) is 11.3 Å². The van der Waals surface area contributed by atoms with E-state index in [4.69, 9.17) is 4.74 Å². The van der Waals surface area contributed by atoms with E-state index in [0.29, 0.717) is 19.8 Å². The molecule has 160 valence electrons. The lowest BCUT2D eigenvalue weighted by molar-refractivity contribution is 0.0135. The molecule has 1 spiro atoms. The molecule has 2 aliphatic heterocycles. The van der Waals surface area contributed by atoms with Crippen LogP contribution in [-0.4, -0.2) is 64.7 Å². The fraction of sp³-hybridized carbons (Fsp3) is 0.375. The Balaban J connectivity index is 1.32. The Bertz CT molecular complexity index is 1010. The predicted octanol–water partition coefficient (Wildman–Crippen LogP) is 3.03. The molecule has 0 bridgehead atoms. The Labute approximate surface area is 182 Å². The summed E-state index contributed by atoms with van der Waals surface area (Å²) in [7, 11) is 0. The third-order valence-electron chi connectivity index (χ3n) is 6.24. The minimum absolute atomic E-state index is 0.0879. The van der Waals surface area contributed by atoms with Crippen LogP contribution in [0.1, 0.15) is 23.2 Å². The Hall–Kier alpha value is -3.19. The molecule has 31 heavy (non-hydrogen) atoms. The number of carbonyl (C=O) groups excluding carboxylic acids is 1. The number of amides is 1. The summed E-state index contributed by atoms with van der Waals surface area (Å²) < 4.78 is 8.03. The molecule has 5 rings (SSSR count). The highest BCUT2D eigenvalue weighted by Crippen LogP contribution is 2.34. The molecule has 2 aliphatic rings. The van der Waals surface area contributed by atoms with Crippen molar-refractivity contribution in [3.8, 4) is 5.69 Å². The van der Waals surface area contributed by atoms with Crippen LogP contribution in [0.15, 0.2) is 67.3 Å². The van der Waals surface area contributed by atoms with E-state index in [1.54, 1.807) is 12.4 Å². The maximum atomic E-state index is 13.3. The summed E-state index contributed by atoms with van der Waals surface area (Å²) in [6, 6.07) is 13.7. The zero-order valence-electron chi connectivity index (χ0n) is 17.6. The van der Waals surface area contributed by atoms with Crippen molar-refractivity contribution in [2.45, 2.75) is 12.8 Å². The van der Waals surface area contributed by atoms with Crippen molar-refractivity contribution < 1.29 is 9.53 Å². The number of hydrogen-bond acceptors (Lipinski definition) is 5. The van der Waals surface area contributed by atoms with Crippen LogP contribution in [0.5, 0.6) is 0 Å². The van der Waals surface area contributed by atoms with Crippen molar-refractivity contribution in [3.05, 3.63) is 72.8 Å². The molecular formula is C24H27N5O2. The largest absolute Gasteiger partial charge is 0.379 e. The molecule has 2 fully saturated rings. The number of aromatic nitrogens is 3. The van der Waals surface area contributed by atoms with Gasteiger partial charge >= 0.3 is 0 Å². The topological polar surface area (TPSA) is 63.5 Å². The summed E-state index contributed by atoms with van der Waals surface area (Å²) in [5.41, 5.74) is 1.67. The number of carbonyl (C=O) groups is 1. The molecule has 0 N–H and O–H groups in total. The maximum Gasteiger partial charge on any atom is 0.253 e. The molecule has 1 aromatic carbocycles. The number of anilines is 1. The van der Waals surface area contributed by atoms with Crippen LogP contribution in [0.25, 0.3) is 5.69 Å². The second-order valence-corrected chi connectivity index (χ2v) is 8.49. The van der Waals surface area contributed by atoms with Crippen LogP contribution in [0.3, 0.4) is 0 Å². The maximum absolute atomic E-state index is 13.3. The molecule has 7 nitrogen and oxygen atoms in total. The predicted molar refractivity (Wildman–Crippen MR) is 118 cm³/mol. The van der Waals surface area contributed by atoms with Crippen LogP contribution >= 0.6 is 0 Å². The van der Waals surface area contributed by atoms with Gasteiger partial charge in [0.25, 0.3) is 5.91 Å². The summed E-state index contributed by atoms with van der Waals surface area (Å²) in [5, 5.41) is 0. The SMILES string of the molecule is O=C(c1ccc(-n2cccc2)cc1)N1CCCC2(COCCN(c3ncccn3)C2)C1. The Morgan fingerprint density at radius 2 is 1.74 bits per heavy atom. The van der Waals surface area contributed by atoms with E-state index in [1.165, 1.54) is 0 Å². The van der Waals surface area contributed by atoms with Gasteiger partial charge in [-0.2, -0.15) is 0 Å². The van der Waals surface area contributed by atoms with E-state index in [0.717, 1.165) is 49.7 Å². The normalized spacial score (nSPS) is 21.8. The van der Waals surface area contributed by atoms with Gasteiger partial charge in [0.1, 0.15) is 0 Å². The molecule has 2 aromatic heterocycles. The molecule has 0 radical (unpaired) electrons. The number of benzene rings is 1. The van der Waals surface area contributed by atoms with Crippen LogP contribution < -0.4 is 4.90 Å². The van der Waals surface area contributed by atoms with Crippen LogP contribution in [0, 0.1) is 5.41 Å². The first-order chi connectivity index (χ1) is 15.2. The van der Waals surface area contributed by atoms with Crippen LogP contribution in [0.4, 0.5) is 5.95 Å². The summed E-state index contributed by atoms with van der Waals surface area (Å²) in [4.78, 5) is 26.4. The van der Waals surface area contributed by atoms with Gasteiger partial charge < -0.3 is 19.1 Å². The van der Waals surface area contributed by atoms with Crippen molar-refractivity contribution in [1.82, 2.24) is 19.4 Å². The average molecular weight is 418 g/mol. The van der Waals surface area contributed by atoms with Crippen molar-refractivity contribution in [1.29, 1.82) is 0 Å². The first kappa shape index (κ1) is 19.8. The number of nitrogens with zero attached hydrogens (tertiary/aromatic N) is 5. The average Bonchev–Trinajstić information content (AvgIpc) is 3.29. The molecule has 1 atom stereocenters. The highest BCUT2D eigenvalue weighted by molar-refractivity contribution is 5.94. The second kappa shape index (κ2) is 8.51. The van der Waals surface area contributed by atoms with Crippen molar-refractivity contribution in [2.75, 3.05) is 44.3 Å². The van der Waals surface area contributed by atoms with Gasteiger partial charge in [-0.3, -0.25) is 4.79 Å². The van der Waals surface area contributed by atoms with E-state index in [1.807, 2.05) is 64.3 Å². The Morgan fingerprint density at radius 3 is 2.52 bits per heavy atom. The van der Waals surface area contributed by atoms with Gasteiger partial charge in [0.05, 0.1) is 13.2 Å². The van der Waals surface area contributed by atoms with Crippen LogP contribution in [-0.2, 0) is 4.74 Å². The van der Waals surface area contributed by atoms with Gasteiger partial charge in [0, 0.05) is 67.6 Å². The lowest BCUT2D eigenvalue weighted by Gasteiger charge is -2.43. The number of hydrogen-bond donors (Lipinski definition) is 0. The standard InChI is InChI=1S/C24H27N5O2/c30-22(20-5-7-21(8-6-20)27-12-1-2-13-27)28-14-3-9-24(17-28)18-29(15-16-31-19-24)23-25-10-4-11-26-23/h1-2,4-8,10-13H,3,9,14-19H2. The number of piperidine rings is 1. The molecule has 2 saturated heterocycles. The first-order valence-corrected chi connectivity index (χ1v) is 10.8. The van der Waals surface area contributed by atoms with E-state index in [9.17, 15) is 4.79 Å². The quantitative estimate of drug-likeness (QED) is 0.656. The third-order valence-corrected chi connectivity index (χ3v) is 6.24. The summed E-state index contributed by atoms with van der Waals surface area (Å²) in [6.07, 6.45) is 9.55. The highest BCUT2D eigenvalue weighted by Gasteiger charge is 2.41. The smallest absolute Gasteiger partial charge is 0.253 e. The summed E-state index contributed by atoms with van der Waals surface area (Å²) in [5.74, 6) is 0.821. The van der Waals surface area contributed by atoms with Crippen molar-refractivity contribution in [3.63, 3.8) is 0 Å². The number of ether oxygens (including phenoxy) is 1. The van der Waals surface area contributed by atoms with Gasteiger partial charge in [-0.1, -0.05) is 0 Å². The highest BCUT2D eigenvalue weighted by atomic mass is 16.5. The molecular weight excluding hydrogens is 390 g/mol. The number of likely N-dealkylation sites (tertiary alicyclic amines) is 1. The van der Waals surface area contributed by atoms with Crippen molar-refractivity contribution >= 4 is 11.9 Å². The van der Waals surface area contributed by atoms with Gasteiger partial charge in [-0.15, -0.1) is 0 Å². The van der Waals surface area contributed by atoms with Gasteiger partial charge in [0.2, 0.25) is 5.95 Å². The molecule has 1 unspecified atom stereocenters. The number of rotatable bonds is 3. The molecule has 4 heterocycles. The molecule has 0 saturated carbocycles. The summed E-state index contributed by atoms with van der Waals surface area (Å²) >= 11 is 0. The Kier molecular flexibility index (Phi) is 5.42. The van der Waals surface area contributed by atoms with Gasteiger partial charge in [-0.25, -0.2) is 9.97 Å². The van der Waals surface area contributed by atoms with E-state index < -0.39 is 0 Å². The molecule has 7 heteroatoms. The van der Waals surface area contributed by atoms with Crippen molar-refractivity contribution in [2.24, 2.45) is 5.41 Å². The minimum Gasteiger partial charge on any atom is -0.379 e. The van der Waals surface area contributed by atoms with E-state index >= 15 is 0 Å². The van der Waals surface area contributed by atoms with E-state index in [2.05, 4.69) is 14.9 Å². The molecule has 1 amide bonds.